The normalized spacial score (nSPS) is 13.5. The van der Waals surface area contributed by atoms with E-state index >= 15 is 0 Å². The van der Waals surface area contributed by atoms with Gasteiger partial charge in [0, 0.05) is 13.1 Å². The zero-order valence-corrected chi connectivity index (χ0v) is 14.9. The molecular formula is C19H36ClN. The molecule has 0 aromatic heterocycles. The van der Waals surface area contributed by atoms with Crippen molar-refractivity contribution >= 4 is 12.4 Å². The Labute approximate surface area is 139 Å². The van der Waals surface area contributed by atoms with Gasteiger partial charge in [0.05, 0.1) is 0 Å². The maximum atomic E-state index is 2.41. The summed E-state index contributed by atoms with van der Waals surface area (Å²) in [5, 5.41) is 0. The lowest BCUT2D eigenvalue weighted by molar-refractivity contribution is 0.392. The zero-order chi connectivity index (χ0) is 14.3. The molecule has 0 aromatic carbocycles. The molecule has 0 saturated carbocycles. The summed E-state index contributed by atoms with van der Waals surface area (Å²) in [6.07, 6.45) is 26.0. The molecule has 124 valence electrons. The van der Waals surface area contributed by atoms with Crippen LogP contribution in [0.1, 0.15) is 84.0 Å². The molecule has 1 nitrogen and oxygen atoms in total. The molecule has 0 aromatic rings. The van der Waals surface area contributed by atoms with E-state index < -0.39 is 0 Å². The predicted octanol–water partition coefficient (Wildman–Crippen LogP) is 6.49. The molecule has 0 spiro atoms. The Kier molecular flexibility index (Phi) is 15.6. The fourth-order valence-corrected chi connectivity index (χ4v) is 2.83. The van der Waals surface area contributed by atoms with E-state index in [1.165, 1.54) is 83.6 Å². The summed E-state index contributed by atoms with van der Waals surface area (Å²) < 4.78 is 0. The SMILES string of the molecule is CCCCCCCCCCCCCCN1C=CC=CC1.Cl. The molecule has 0 radical (unpaired) electrons. The number of hydrogen-bond acceptors (Lipinski definition) is 1. The fraction of sp³-hybridized carbons (Fsp3) is 0.789. The minimum absolute atomic E-state index is 0. The van der Waals surface area contributed by atoms with E-state index in [1.807, 2.05) is 0 Å². The van der Waals surface area contributed by atoms with Crippen LogP contribution in [0.4, 0.5) is 0 Å². The van der Waals surface area contributed by atoms with Crippen LogP contribution in [0, 0.1) is 0 Å². The van der Waals surface area contributed by atoms with Gasteiger partial charge in [-0.2, -0.15) is 0 Å². The third kappa shape index (κ3) is 13.0. The van der Waals surface area contributed by atoms with Gasteiger partial charge in [0.15, 0.2) is 0 Å². The highest BCUT2D eigenvalue weighted by molar-refractivity contribution is 5.85. The summed E-state index contributed by atoms with van der Waals surface area (Å²) in [6, 6.07) is 0. The molecule has 0 amide bonds. The van der Waals surface area contributed by atoms with Crippen molar-refractivity contribution in [3.8, 4) is 0 Å². The van der Waals surface area contributed by atoms with Gasteiger partial charge in [0.2, 0.25) is 0 Å². The lowest BCUT2D eigenvalue weighted by Crippen LogP contribution is -2.19. The Morgan fingerprint density at radius 2 is 1.24 bits per heavy atom. The smallest absolute Gasteiger partial charge is 0.0357 e. The zero-order valence-electron chi connectivity index (χ0n) is 14.1. The Bertz CT molecular complexity index is 260. The maximum Gasteiger partial charge on any atom is 0.0357 e. The summed E-state index contributed by atoms with van der Waals surface area (Å²) in [5.41, 5.74) is 0. The van der Waals surface area contributed by atoms with Crippen LogP contribution in [-0.4, -0.2) is 18.0 Å². The lowest BCUT2D eigenvalue weighted by atomic mass is 10.1. The first-order valence-electron chi connectivity index (χ1n) is 9.01. The van der Waals surface area contributed by atoms with Crippen LogP contribution in [-0.2, 0) is 0 Å². The van der Waals surface area contributed by atoms with Crippen LogP contribution >= 0.6 is 12.4 Å². The van der Waals surface area contributed by atoms with Crippen LogP contribution in [0.3, 0.4) is 0 Å². The topological polar surface area (TPSA) is 3.24 Å². The molecular weight excluding hydrogens is 278 g/mol. The van der Waals surface area contributed by atoms with Crippen molar-refractivity contribution in [2.45, 2.75) is 84.0 Å². The van der Waals surface area contributed by atoms with Crippen molar-refractivity contribution in [3.05, 3.63) is 24.4 Å². The first kappa shape index (κ1) is 20.6. The van der Waals surface area contributed by atoms with Crippen molar-refractivity contribution in [1.82, 2.24) is 4.90 Å². The largest absolute Gasteiger partial charge is 0.374 e. The summed E-state index contributed by atoms with van der Waals surface area (Å²) in [5.74, 6) is 0. The summed E-state index contributed by atoms with van der Waals surface area (Å²) in [4.78, 5) is 2.41. The first-order valence-corrected chi connectivity index (χ1v) is 9.01. The van der Waals surface area contributed by atoms with Crippen LogP contribution in [0.2, 0.25) is 0 Å². The lowest BCUT2D eigenvalue weighted by Gasteiger charge is -2.20. The number of hydrogen-bond donors (Lipinski definition) is 0. The van der Waals surface area contributed by atoms with E-state index in [4.69, 9.17) is 0 Å². The molecule has 0 saturated heterocycles. The molecule has 1 aliphatic rings. The van der Waals surface area contributed by atoms with Gasteiger partial charge in [0.25, 0.3) is 0 Å². The van der Waals surface area contributed by atoms with Gasteiger partial charge in [-0.05, 0) is 18.7 Å². The molecule has 0 N–H and O–H groups in total. The third-order valence-electron chi connectivity index (χ3n) is 4.18. The van der Waals surface area contributed by atoms with E-state index in [2.05, 4.69) is 36.3 Å². The van der Waals surface area contributed by atoms with E-state index in [-0.39, 0.29) is 12.4 Å². The number of rotatable bonds is 13. The average Bonchev–Trinajstić information content (AvgIpc) is 2.49. The Morgan fingerprint density at radius 1 is 0.714 bits per heavy atom. The molecule has 0 atom stereocenters. The molecule has 0 aliphatic carbocycles. The monoisotopic (exact) mass is 313 g/mol. The first-order chi connectivity index (χ1) is 9.93. The van der Waals surface area contributed by atoms with Gasteiger partial charge in [0.1, 0.15) is 0 Å². The number of unbranched alkanes of at least 4 members (excludes halogenated alkanes) is 11. The molecule has 0 bridgehead atoms. The van der Waals surface area contributed by atoms with Crippen LogP contribution < -0.4 is 0 Å². The average molecular weight is 314 g/mol. The van der Waals surface area contributed by atoms with Gasteiger partial charge < -0.3 is 4.90 Å². The number of allylic oxidation sites excluding steroid dienone is 2. The second kappa shape index (κ2) is 15.9. The van der Waals surface area contributed by atoms with Crippen LogP contribution in [0.15, 0.2) is 24.4 Å². The van der Waals surface area contributed by atoms with Gasteiger partial charge in [-0.25, -0.2) is 0 Å². The van der Waals surface area contributed by atoms with E-state index in [1.54, 1.807) is 0 Å². The van der Waals surface area contributed by atoms with Gasteiger partial charge in [-0.1, -0.05) is 89.7 Å². The maximum absolute atomic E-state index is 2.41. The summed E-state index contributed by atoms with van der Waals surface area (Å²) in [7, 11) is 0. The quantitative estimate of drug-likeness (QED) is 0.351. The van der Waals surface area contributed by atoms with E-state index in [9.17, 15) is 0 Å². The third-order valence-corrected chi connectivity index (χ3v) is 4.18. The van der Waals surface area contributed by atoms with Crippen LogP contribution in [0.5, 0.6) is 0 Å². The van der Waals surface area contributed by atoms with E-state index in [0.29, 0.717) is 0 Å². The predicted molar refractivity (Wildman–Crippen MR) is 98.2 cm³/mol. The highest BCUT2D eigenvalue weighted by Gasteiger charge is 1.99. The van der Waals surface area contributed by atoms with Crippen molar-refractivity contribution in [3.63, 3.8) is 0 Å². The molecule has 0 unspecified atom stereocenters. The second-order valence-electron chi connectivity index (χ2n) is 6.15. The Hall–Kier alpha value is -0.430. The molecule has 2 heteroatoms. The van der Waals surface area contributed by atoms with Gasteiger partial charge in [-0.3, -0.25) is 0 Å². The summed E-state index contributed by atoms with van der Waals surface area (Å²) >= 11 is 0. The second-order valence-corrected chi connectivity index (χ2v) is 6.15. The number of halogens is 1. The molecule has 21 heavy (non-hydrogen) atoms. The van der Waals surface area contributed by atoms with E-state index in [0.717, 1.165) is 6.54 Å². The Morgan fingerprint density at radius 3 is 1.71 bits per heavy atom. The number of nitrogens with zero attached hydrogens (tertiary/aromatic N) is 1. The van der Waals surface area contributed by atoms with Gasteiger partial charge in [-0.15, -0.1) is 12.4 Å². The molecule has 1 rings (SSSR count). The minimum Gasteiger partial charge on any atom is -0.374 e. The Balaban J connectivity index is 0.00000400. The fourth-order valence-electron chi connectivity index (χ4n) is 2.83. The minimum atomic E-state index is 0. The summed E-state index contributed by atoms with van der Waals surface area (Å²) in [6.45, 7) is 4.63. The van der Waals surface area contributed by atoms with Crippen molar-refractivity contribution < 1.29 is 0 Å². The van der Waals surface area contributed by atoms with Crippen molar-refractivity contribution in [2.75, 3.05) is 13.1 Å². The molecule has 0 fully saturated rings. The van der Waals surface area contributed by atoms with Crippen molar-refractivity contribution in [1.29, 1.82) is 0 Å². The molecule has 1 heterocycles. The molecule has 1 aliphatic heterocycles. The van der Waals surface area contributed by atoms with Gasteiger partial charge >= 0.3 is 0 Å². The van der Waals surface area contributed by atoms with Crippen LogP contribution in [0.25, 0.3) is 0 Å². The highest BCUT2D eigenvalue weighted by atomic mass is 35.5. The standard InChI is InChI=1S/C19H35N.ClH/c1-2-3-4-5-6-7-8-9-10-11-12-14-17-20-18-15-13-16-19-20;/h13,15-16,18H,2-12,14,17,19H2,1H3;1H. The van der Waals surface area contributed by atoms with Crippen molar-refractivity contribution in [2.24, 2.45) is 0 Å². The highest BCUT2D eigenvalue weighted by Crippen LogP contribution is 2.12.